The molecule has 1 amide bonds. The van der Waals surface area contributed by atoms with Crippen molar-refractivity contribution >= 4 is 12.1 Å². The van der Waals surface area contributed by atoms with Crippen molar-refractivity contribution in [2.24, 2.45) is 11.8 Å². The second-order valence-electron chi connectivity index (χ2n) is 7.26. The minimum Gasteiger partial charge on any atom is -0.466 e. The van der Waals surface area contributed by atoms with Crippen molar-refractivity contribution in [2.45, 2.75) is 72.8 Å². The highest BCUT2D eigenvalue weighted by Gasteiger charge is 2.16. The Kier molecular flexibility index (Phi) is 9.86. The molecule has 0 radical (unpaired) electrons. The lowest BCUT2D eigenvalue weighted by Gasteiger charge is -2.19. The van der Waals surface area contributed by atoms with E-state index in [4.69, 9.17) is 9.47 Å². The fourth-order valence-electron chi connectivity index (χ4n) is 1.79. The summed E-state index contributed by atoms with van der Waals surface area (Å²) in [5, 5.41) is 2.54. The van der Waals surface area contributed by atoms with Crippen molar-refractivity contribution in [3.8, 4) is 0 Å². The average molecular weight is 315 g/mol. The fraction of sp³-hybridized carbons (Fsp3) is 0.882. The molecule has 0 saturated heterocycles. The number of alkyl carbamates (subject to hydrolysis) is 1. The van der Waals surface area contributed by atoms with Gasteiger partial charge in [0.1, 0.15) is 5.60 Å². The van der Waals surface area contributed by atoms with Crippen molar-refractivity contribution in [1.29, 1.82) is 0 Å². The summed E-state index contributed by atoms with van der Waals surface area (Å²) in [6.45, 7) is 12.7. The number of hydrogen-bond donors (Lipinski definition) is 1. The minimum atomic E-state index is -0.531. The Labute approximate surface area is 135 Å². The van der Waals surface area contributed by atoms with Crippen LogP contribution in [0.15, 0.2) is 0 Å². The van der Waals surface area contributed by atoms with Gasteiger partial charge >= 0.3 is 12.1 Å². The quantitative estimate of drug-likeness (QED) is 0.655. The number of nitrogens with one attached hydrogen (secondary N) is 1. The monoisotopic (exact) mass is 315 g/mol. The van der Waals surface area contributed by atoms with E-state index in [9.17, 15) is 9.59 Å². The van der Waals surface area contributed by atoms with Crippen LogP contribution in [0.3, 0.4) is 0 Å². The molecule has 0 aromatic heterocycles. The van der Waals surface area contributed by atoms with Gasteiger partial charge in [-0.3, -0.25) is 4.79 Å². The lowest BCUT2D eigenvalue weighted by molar-refractivity contribution is -0.143. The molecule has 22 heavy (non-hydrogen) atoms. The molecule has 0 aliphatic rings. The van der Waals surface area contributed by atoms with Crippen molar-refractivity contribution < 1.29 is 19.1 Å². The summed E-state index contributed by atoms with van der Waals surface area (Å²) < 4.78 is 10.2. The second kappa shape index (κ2) is 10.5. The lowest BCUT2D eigenvalue weighted by atomic mass is 9.97. The van der Waals surface area contributed by atoms with E-state index in [-0.39, 0.29) is 18.9 Å². The zero-order valence-electron chi connectivity index (χ0n) is 15.0. The maximum absolute atomic E-state index is 11.5. The average Bonchev–Trinajstić information content (AvgIpc) is 2.34. The molecule has 0 aliphatic carbocycles. The van der Waals surface area contributed by atoms with Crippen molar-refractivity contribution in [3.63, 3.8) is 0 Å². The van der Waals surface area contributed by atoms with Crippen LogP contribution in [0.4, 0.5) is 4.79 Å². The molecule has 0 heterocycles. The number of hydrogen-bond acceptors (Lipinski definition) is 4. The van der Waals surface area contributed by atoms with Gasteiger partial charge in [-0.1, -0.05) is 33.6 Å². The molecular formula is C17H33NO4. The molecule has 5 heteroatoms. The van der Waals surface area contributed by atoms with Gasteiger partial charge in [-0.15, -0.1) is 0 Å². The van der Waals surface area contributed by atoms with E-state index in [1.165, 1.54) is 6.42 Å². The molecule has 1 atom stereocenters. The van der Waals surface area contributed by atoms with Crippen LogP contribution in [-0.2, 0) is 14.3 Å². The molecule has 0 aromatic carbocycles. The maximum atomic E-state index is 11.5. The topological polar surface area (TPSA) is 64.6 Å². The molecule has 0 spiro atoms. The molecule has 1 N–H and O–H groups in total. The highest BCUT2D eigenvalue weighted by molar-refractivity contribution is 5.71. The van der Waals surface area contributed by atoms with Gasteiger partial charge in [-0.05, 0) is 39.0 Å². The van der Waals surface area contributed by atoms with Gasteiger partial charge in [-0.2, -0.15) is 0 Å². The van der Waals surface area contributed by atoms with E-state index >= 15 is 0 Å². The molecule has 1 unspecified atom stereocenters. The molecule has 5 nitrogen and oxygen atoms in total. The standard InChI is InChI=1S/C17H33NO4/c1-13(2)7-8-14(3)10-12-21-15(19)9-11-18-16(20)22-17(4,5)6/h13-14H,7-12H2,1-6H3,(H,18,20). The number of rotatable bonds is 9. The molecule has 0 aliphatic heterocycles. The van der Waals surface area contributed by atoms with Crippen molar-refractivity contribution in [1.82, 2.24) is 5.32 Å². The fourth-order valence-corrected chi connectivity index (χ4v) is 1.79. The maximum Gasteiger partial charge on any atom is 0.407 e. The first kappa shape index (κ1) is 20.7. The number of amides is 1. The SMILES string of the molecule is CC(C)CCC(C)CCOC(=O)CCNC(=O)OC(C)(C)C. The zero-order chi connectivity index (χ0) is 17.2. The Morgan fingerprint density at radius 3 is 2.23 bits per heavy atom. The normalized spacial score (nSPS) is 12.9. The Morgan fingerprint density at radius 2 is 1.68 bits per heavy atom. The van der Waals surface area contributed by atoms with Gasteiger partial charge in [0, 0.05) is 6.54 Å². The molecule has 0 bridgehead atoms. The van der Waals surface area contributed by atoms with E-state index in [0.717, 1.165) is 12.8 Å². The third-order valence-electron chi connectivity index (χ3n) is 3.11. The number of carbonyl (C=O) groups is 2. The summed E-state index contributed by atoms with van der Waals surface area (Å²) in [5.41, 5.74) is -0.531. The van der Waals surface area contributed by atoms with Crippen LogP contribution in [0, 0.1) is 11.8 Å². The molecule has 0 saturated carbocycles. The highest BCUT2D eigenvalue weighted by Crippen LogP contribution is 2.14. The third-order valence-corrected chi connectivity index (χ3v) is 3.11. The van der Waals surface area contributed by atoms with E-state index in [0.29, 0.717) is 18.4 Å². The van der Waals surface area contributed by atoms with Gasteiger partial charge in [0.05, 0.1) is 13.0 Å². The molecule has 0 aromatic rings. The van der Waals surface area contributed by atoms with Crippen LogP contribution in [0.1, 0.15) is 67.2 Å². The zero-order valence-corrected chi connectivity index (χ0v) is 15.0. The molecular weight excluding hydrogens is 282 g/mol. The third kappa shape index (κ3) is 13.7. The van der Waals surface area contributed by atoms with Crippen LogP contribution in [0.25, 0.3) is 0 Å². The van der Waals surface area contributed by atoms with Gasteiger partial charge in [0.2, 0.25) is 0 Å². The van der Waals surface area contributed by atoms with E-state index in [1.807, 2.05) is 0 Å². The summed E-state index contributed by atoms with van der Waals surface area (Å²) in [4.78, 5) is 22.9. The Balaban J connectivity index is 3.64. The summed E-state index contributed by atoms with van der Waals surface area (Å²) >= 11 is 0. The van der Waals surface area contributed by atoms with Gasteiger partial charge in [0.15, 0.2) is 0 Å². The highest BCUT2D eigenvalue weighted by atomic mass is 16.6. The first-order valence-corrected chi connectivity index (χ1v) is 8.22. The Bertz CT molecular complexity index is 334. The largest absolute Gasteiger partial charge is 0.466 e. The van der Waals surface area contributed by atoms with E-state index < -0.39 is 11.7 Å². The summed E-state index contributed by atoms with van der Waals surface area (Å²) in [5.74, 6) is 0.992. The van der Waals surface area contributed by atoms with Crippen LogP contribution in [0.5, 0.6) is 0 Å². The van der Waals surface area contributed by atoms with Gasteiger partial charge in [0.25, 0.3) is 0 Å². The first-order chi connectivity index (χ1) is 10.1. The lowest BCUT2D eigenvalue weighted by Crippen LogP contribution is -2.33. The molecule has 130 valence electrons. The van der Waals surface area contributed by atoms with Gasteiger partial charge in [-0.25, -0.2) is 4.79 Å². The first-order valence-electron chi connectivity index (χ1n) is 8.22. The molecule has 0 fully saturated rings. The van der Waals surface area contributed by atoms with Crippen LogP contribution in [-0.4, -0.2) is 30.8 Å². The number of esters is 1. The van der Waals surface area contributed by atoms with Crippen molar-refractivity contribution in [2.75, 3.05) is 13.2 Å². The van der Waals surface area contributed by atoms with Gasteiger partial charge < -0.3 is 14.8 Å². The van der Waals surface area contributed by atoms with E-state index in [1.54, 1.807) is 20.8 Å². The van der Waals surface area contributed by atoms with E-state index in [2.05, 4.69) is 26.1 Å². The Morgan fingerprint density at radius 1 is 1.05 bits per heavy atom. The summed E-state index contributed by atoms with van der Waals surface area (Å²) in [6, 6.07) is 0. The summed E-state index contributed by atoms with van der Waals surface area (Å²) in [7, 11) is 0. The predicted molar refractivity (Wildman–Crippen MR) is 87.7 cm³/mol. The summed E-state index contributed by atoms with van der Waals surface area (Å²) in [6.07, 6.45) is 2.91. The second-order valence-corrected chi connectivity index (χ2v) is 7.26. The van der Waals surface area contributed by atoms with Crippen LogP contribution in [0.2, 0.25) is 0 Å². The number of carbonyl (C=O) groups excluding carboxylic acids is 2. The minimum absolute atomic E-state index is 0.166. The Hall–Kier alpha value is -1.26. The number of ether oxygens (including phenoxy) is 2. The molecule has 0 rings (SSSR count). The van der Waals surface area contributed by atoms with Crippen molar-refractivity contribution in [3.05, 3.63) is 0 Å². The van der Waals surface area contributed by atoms with Crippen LogP contribution < -0.4 is 5.32 Å². The smallest absolute Gasteiger partial charge is 0.407 e. The van der Waals surface area contributed by atoms with Crippen LogP contribution >= 0.6 is 0 Å². The predicted octanol–water partition coefficient (Wildman–Crippen LogP) is 3.91.